The molecule has 0 radical (unpaired) electrons. The number of hydrogen-bond donors (Lipinski definition) is 0. The molecule has 0 unspecified atom stereocenters. The lowest BCUT2D eigenvalue weighted by atomic mass is 10.4. The lowest BCUT2D eigenvalue weighted by Crippen LogP contribution is -2.06. The van der Waals surface area contributed by atoms with E-state index in [4.69, 9.17) is 14.2 Å². The zero-order chi connectivity index (χ0) is 10.6. The normalized spacial score (nSPS) is 9.36. The molecule has 4 heteroatoms. The number of methoxy groups -OCH3 is 3. The number of rotatable bonds is 3. The van der Waals surface area contributed by atoms with Crippen molar-refractivity contribution in [1.82, 2.24) is 0 Å². The van der Waals surface area contributed by atoms with E-state index in [9.17, 15) is 4.79 Å². The van der Waals surface area contributed by atoms with Gasteiger partial charge in [0.15, 0.2) is 11.5 Å². The molecule has 4 nitrogen and oxygen atoms in total. The Labute approximate surface area is 82.0 Å². The van der Waals surface area contributed by atoms with E-state index in [2.05, 4.69) is 0 Å². The summed E-state index contributed by atoms with van der Waals surface area (Å²) in [5, 5.41) is 0. The standard InChI is InChI=1S/C10H12O4/c1-12-7-5-4-6-8(13-2)10(14-3)9(7)11/h4-6H,1-3H3. The minimum atomic E-state index is -0.322. The van der Waals surface area contributed by atoms with E-state index in [1.807, 2.05) is 0 Å². The van der Waals surface area contributed by atoms with Gasteiger partial charge in [0.1, 0.15) is 0 Å². The third kappa shape index (κ3) is 1.79. The van der Waals surface area contributed by atoms with Crippen LogP contribution in [0.3, 0.4) is 0 Å². The van der Waals surface area contributed by atoms with E-state index < -0.39 is 0 Å². The second-order valence-electron chi connectivity index (χ2n) is 2.52. The molecule has 0 aliphatic carbocycles. The fourth-order valence-electron chi connectivity index (χ4n) is 1.11. The molecule has 0 saturated heterocycles. The van der Waals surface area contributed by atoms with Gasteiger partial charge in [0.2, 0.25) is 5.75 Å². The summed E-state index contributed by atoms with van der Waals surface area (Å²) in [6.45, 7) is 0. The van der Waals surface area contributed by atoms with Crippen molar-refractivity contribution in [3.63, 3.8) is 0 Å². The second-order valence-corrected chi connectivity index (χ2v) is 2.52. The molecule has 0 fully saturated rings. The Morgan fingerprint density at radius 2 is 1.50 bits per heavy atom. The average molecular weight is 196 g/mol. The van der Waals surface area contributed by atoms with Crippen LogP contribution in [0.1, 0.15) is 0 Å². The zero-order valence-electron chi connectivity index (χ0n) is 8.37. The molecule has 0 aliphatic rings. The topological polar surface area (TPSA) is 44.8 Å². The van der Waals surface area contributed by atoms with Crippen LogP contribution >= 0.6 is 0 Å². The van der Waals surface area contributed by atoms with Crippen molar-refractivity contribution in [3.8, 4) is 17.2 Å². The summed E-state index contributed by atoms with van der Waals surface area (Å²) in [6, 6.07) is 4.87. The van der Waals surface area contributed by atoms with Crippen molar-refractivity contribution < 1.29 is 14.2 Å². The molecule has 14 heavy (non-hydrogen) atoms. The van der Waals surface area contributed by atoms with Gasteiger partial charge in [-0.2, -0.15) is 0 Å². The van der Waals surface area contributed by atoms with Gasteiger partial charge in [0.05, 0.1) is 21.3 Å². The van der Waals surface area contributed by atoms with Crippen LogP contribution in [0.25, 0.3) is 0 Å². The first kappa shape index (κ1) is 10.4. The van der Waals surface area contributed by atoms with Crippen molar-refractivity contribution in [2.24, 2.45) is 0 Å². The van der Waals surface area contributed by atoms with Crippen LogP contribution in [0.5, 0.6) is 17.2 Å². The Balaban J connectivity index is 3.49. The maximum Gasteiger partial charge on any atom is 0.265 e. The lowest BCUT2D eigenvalue weighted by molar-refractivity contribution is 0.349. The first-order valence-corrected chi connectivity index (χ1v) is 4.04. The van der Waals surface area contributed by atoms with Crippen molar-refractivity contribution in [2.45, 2.75) is 0 Å². The molecule has 0 aromatic heterocycles. The SMILES string of the molecule is COc1cccc(OC)c(=O)c1OC. The van der Waals surface area contributed by atoms with Gasteiger partial charge in [-0.1, -0.05) is 6.07 Å². The summed E-state index contributed by atoms with van der Waals surface area (Å²) < 4.78 is 14.8. The molecular formula is C10H12O4. The monoisotopic (exact) mass is 196 g/mol. The summed E-state index contributed by atoms with van der Waals surface area (Å²) in [6.07, 6.45) is 0. The largest absolute Gasteiger partial charge is 0.493 e. The Hall–Kier alpha value is -1.71. The molecule has 1 aromatic rings. The van der Waals surface area contributed by atoms with Crippen LogP contribution in [0.4, 0.5) is 0 Å². The van der Waals surface area contributed by atoms with E-state index in [-0.39, 0.29) is 16.9 Å². The molecule has 76 valence electrons. The summed E-state index contributed by atoms with van der Waals surface area (Å²) in [7, 11) is 4.32. The van der Waals surface area contributed by atoms with Gasteiger partial charge < -0.3 is 14.2 Å². The number of ether oxygens (including phenoxy) is 3. The van der Waals surface area contributed by atoms with Crippen molar-refractivity contribution in [3.05, 3.63) is 28.4 Å². The van der Waals surface area contributed by atoms with Crippen molar-refractivity contribution in [1.29, 1.82) is 0 Å². The first-order valence-electron chi connectivity index (χ1n) is 4.04. The van der Waals surface area contributed by atoms with Crippen LogP contribution in [0.2, 0.25) is 0 Å². The fourth-order valence-corrected chi connectivity index (χ4v) is 1.11. The molecule has 0 spiro atoms. The third-order valence-corrected chi connectivity index (χ3v) is 1.79. The highest BCUT2D eigenvalue weighted by Crippen LogP contribution is 2.22. The van der Waals surface area contributed by atoms with Crippen LogP contribution in [-0.4, -0.2) is 21.3 Å². The average Bonchev–Trinajstić information content (AvgIpc) is 2.36. The smallest absolute Gasteiger partial charge is 0.265 e. The summed E-state index contributed by atoms with van der Waals surface area (Å²) in [5.41, 5.74) is -0.322. The quantitative estimate of drug-likeness (QED) is 0.725. The van der Waals surface area contributed by atoms with Gasteiger partial charge in [-0.05, 0) is 12.1 Å². The number of hydrogen-bond acceptors (Lipinski definition) is 4. The van der Waals surface area contributed by atoms with Gasteiger partial charge in [-0.25, -0.2) is 0 Å². The molecule has 0 atom stereocenters. The highest BCUT2D eigenvalue weighted by Gasteiger charge is 2.09. The molecule has 0 heterocycles. The Morgan fingerprint density at radius 3 is 2.00 bits per heavy atom. The third-order valence-electron chi connectivity index (χ3n) is 1.79. The van der Waals surface area contributed by atoms with Gasteiger partial charge in [-0.3, -0.25) is 4.79 Å². The first-order chi connectivity index (χ1) is 6.74. The minimum Gasteiger partial charge on any atom is -0.493 e. The molecule has 0 aliphatic heterocycles. The zero-order valence-corrected chi connectivity index (χ0v) is 8.37. The molecule has 0 N–H and O–H groups in total. The Bertz CT molecular complexity index is 373. The second kappa shape index (κ2) is 4.50. The fraction of sp³-hybridized carbons (Fsp3) is 0.300. The van der Waals surface area contributed by atoms with Gasteiger partial charge in [0, 0.05) is 0 Å². The van der Waals surface area contributed by atoms with Crippen LogP contribution in [0, 0.1) is 0 Å². The maximum absolute atomic E-state index is 11.7. The van der Waals surface area contributed by atoms with Crippen molar-refractivity contribution in [2.75, 3.05) is 21.3 Å². The highest BCUT2D eigenvalue weighted by molar-refractivity contribution is 5.43. The summed E-state index contributed by atoms with van der Waals surface area (Å²) >= 11 is 0. The molecule has 0 amide bonds. The Morgan fingerprint density at radius 1 is 0.929 bits per heavy atom. The van der Waals surface area contributed by atoms with Gasteiger partial charge in [-0.15, -0.1) is 0 Å². The lowest BCUT2D eigenvalue weighted by Gasteiger charge is -2.02. The van der Waals surface area contributed by atoms with E-state index in [0.29, 0.717) is 5.75 Å². The molecule has 1 aromatic carbocycles. The van der Waals surface area contributed by atoms with Crippen LogP contribution < -0.4 is 19.6 Å². The van der Waals surface area contributed by atoms with E-state index >= 15 is 0 Å². The maximum atomic E-state index is 11.7. The van der Waals surface area contributed by atoms with E-state index in [1.54, 1.807) is 18.2 Å². The molecule has 0 bridgehead atoms. The van der Waals surface area contributed by atoms with Gasteiger partial charge >= 0.3 is 0 Å². The Kier molecular flexibility index (Phi) is 3.34. The minimum absolute atomic E-state index is 0.148. The summed E-state index contributed by atoms with van der Waals surface area (Å²) in [5.74, 6) is 0.764. The predicted molar refractivity (Wildman–Crippen MR) is 52.4 cm³/mol. The van der Waals surface area contributed by atoms with Gasteiger partial charge in [0.25, 0.3) is 5.43 Å². The molecule has 0 saturated carbocycles. The molecule has 1 rings (SSSR count). The summed E-state index contributed by atoms with van der Waals surface area (Å²) in [4.78, 5) is 11.7. The van der Waals surface area contributed by atoms with E-state index in [0.717, 1.165) is 0 Å². The van der Waals surface area contributed by atoms with E-state index in [1.165, 1.54) is 21.3 Å². The predicted octanol–water partition coefficient (Wildman–Crippen LogP) is 1.07. The molecular weight excluding hydrogens is 184 g/mol. The highest BCUT2D eigenvalue weighted by atomic mass is 16.5. The van der Waals surface area contributed by atoms with Crippen LogP contribution in [0.15, 0.2) is 23.0 Å². The van der Waals surface area contributed by atoms with Crippen LogP contribution in [-0.2, 0) is 0 Å². The van der Waals surface area contributed by atoms with Crippen molar-refractivity contribution >= 4 is 0 Å².